The maximum absolute atomic E-state index is 5.99. The van der Waals surface area contributed by atoms with Gasteiger partial charge in [0, 0.05) is 15.2 Å². The molecule has 0 saturated heterocycles. The Bertz CT molecular complexity index is 887. The summed E-state index contributed by atoms with van der Waals surface area (Å²) in [5.74, 6) is 0.613. The number of hydrogen-bond donors (Lipinski definition) is 1. The van der Waals surface area contributed by atoms with E-state index in [-0.39, 0.29) is 6.04 Å². The molecular weight excluding hydrogens is 378 g/mol. The van der Waals surface area contributed by atoms with Gasteiger partial charge in [0.2, 0.25) is 5.95 Å². The molecule has 1 aliphatic rings. The monoisotopic (exact) mass is 387 g/mol. The summed E-state index contributed by atoms with van der Waals surface area (Å²) >= 11 is 9.50. The third kappa shape index (κ3) is 2.75. The van der Waals surface area contributed by atoms with E-state index in [9.17, 15) is 0 Å². The molecule has 0 spiro atoms. The molecule has 0 bridgehead atoms. The number of allylic oxidation sites excluding steroid dienone is 1. The maximum atomic E-state index is 5.99. The van der Waals surface area contributed by atoms with E-state index in [1.165, 1.54) is 0 Å². The first-order chi connectivity index (χ1) is 11.2. The van der Waals surface area contributed by atoms with Crippen LogP contribution in [0.1, 0.15) is 17.2 Å². The van der Waals surface area contributed by atoms with Gasteiger partial charge in [0.05, 0.1) is 0 Å². The van der Waals surface area contributed by atoms with Crippen LogP contribution in [0.5, 0.6) is 0 Å². The van der Waals surface area contributed by atoms with E-state index in [4.69, 9.17) is 11.6 Å². The molecule has 23 heavy (non-hydrogen) atoms. The molecule has 1 N–H and O–H groups in total. The highest BCUT2D eigenvalue weighted by Crippen LogP contribution is 2.32. The lowest BCUT2D eigenvalue weighted by molar-refractivity contribution is 0.586. The second-order valence-electron chi connectivity index (χ2n) is 5.16. The quantitative estimate of drug-likeness (QED) is 0.717. The minimum Gasteiger partial charge on any atom is -0.323 e. The first-order valence-electron chi connectivity index (χ1n) is 6.99. The Kier molecular flexibility index (Phi) is 3.63. The molecule has 2 aromatic carbocycles. The van der Waals surface area contributed by atoms with Crippen LogP contribution in [0.25, 0.3) is 5.70 Å². The van der Waals surface area contributed by atoms with Gasteiger partial charge in [0.25, 0.3) is 0 Å². The van der Waals surface area contributed by atoms with Gasteiger partial charge in [0.15, 0.2) is 0 Å². The molecule has 1 aromatic heterocycles. The third-order valence-corrected chi connectivity index (χ3v) is 4.42. The third-order valence-electron chi connectivity index (χ3n) is 3.67. The van der Waals surface area contributed by atoms with Crippen molar-refractivity contribution in [2.45, 2.75) is 6.04 Å². The number of rotatable bonds is 2. The summed E-state index contributed by atoms with van der Waals surface area (Å²) in [6, 6.07) is 15.7. The predicted octanol–water partition coefficient (Wildman–Crippen LogP) is 4.15. The molecule has 0 amide bonds. The Balaban J connectivity index is 1.81. The zero-order chi connectivity index (χ0) is 15.8. The molecule has 2 heterocycles. The molecule has 114 valence electrons. The van der Waals surface area contributed by atoms with Crippen LogP contribution >= 0.6 is 27.5 Å². The molecule has 1 aliphatic heterocycles. The average molecular weight is 389 g/mol. The number of fused-ring (bicyclic) bond motifs is 1. The number of tetrazole rings is 1. The van der Waals surface area contributed by atoms with Gasteiger partial charge in [0.1, 0.15) is 6.04 Å². The smallest absolute Gasteiger partial charge is 0.248 e. The fourth-order valence-electron chi connectivity index (χ4n) is 2.58. The van der Waals surface area contributed by atoms with Gasteiger partial charge in [-0.2, -0.15) is 4.68 Å². The van der Waals surface area contributed by atoms with Gasteiger partial charge in [-0.25, -0.2) is 0 Å². The molecule has 0 unspecified atom stereocenters. The fraction of sp³-hybridized carbons (Fsp3) is 0.0625. The van der Waals surface area contributed by atoms with Crippen molar-refractivity contribution in [1.29, 1.82) is 0 Å². The van der Waals surface area contributed by atoms with E-state index in [2.05, 4.69) is 48.9 Å². The Morgan fingerprint density at radius 3 is 2.74 bits per heavy atom. The van der Waals surface area contributed by atoms with Gasteiger partial charge in [-0.3, -0.25) is 0 Å². The molecule has 1 atom stereocenters. The molecule has 0 saturated carbocycles. The van der Waals surface area contributed by atoms with Crippen molar-refractivity contribution >= 4 is 39.2 Å². The standard InChI is InChI=1S/C16H11BrClN5/c17-12-3-1-2-11(8-12)14-9-15(10-4-6-13(18)7-5-10)23-16(19-14)20-21-22-23/h1-9,15H,(H,19,20,22)/t15-/m1/s1. The molecule has 7 heteroatoms. The van der Waals surface area contributed by atoms with Crippen LogP contribution in [0.3, 0.4) is 0 Å². The minimum atomic E-state index is -0.0903. The van der Waals surface area contributed by atoms with E-state index < -0.39 is 0 Å². The number of nitrogens with one attached hydrogen (secondary N) is 1. The number of aromatic nitrogens is 4. The summed E-state index contributed by atoms with van der Waals surface area (Å²) in [4.78, 5) is 0. The highest BCUT2D eigenvalue weighted by molar-refractivity contribution is 9.10. The number of anilines is 1. The molecule has 4 rings (SSSR count). The topological polar surface area (TPSA) is 55.6 Å². The number of benzene rings is 2. The molecular formula is C16H11BrClN5. The Morgan fingerprint density at radius 2 is 1.96 bits per heavy atom. The van der Waals surface area contributed by atoms with Crippen molar-refractivity contribution in [3.8, 4) is 0 Å². The van der Waals surface area contributed by atoms with Gasteiger partial charge >= 0.3 is 0 Å². The second-order valence-corrected chi connectivity index (χ2v) is 6.51. The van der Waals surface area contributed by atoms with E-state index >= 15 is 0 Å². The van der Waals surface area contributed by atoms with E-state index in [0.717, 1.165) is 21.3 Å². The van der Waals surface area contributed by atoms with Crippen molar-refractivity contribution in [3.63, 3.8) is 0 Å². The molecule has 3 aromatic rings. The van der Waals surface area contributed by atoms with Crippen molar-refractivity contribution in [3.05, 3.63) is 75.2 Å². The molecule has 0 radical (unpaired) electrons. The lowest BCUT2D eigenvalue weighted by Crippen LogP contribution is -2.20. The SMILES string of the molecule is Clc1ccc([C@H]2C=C(c3cccc(Br)c3)Nc3nnnn32)cc1. The zero-order valence-corrected chi connectivity index (χ0v) is 14.2. The second kappa shape index (κ2) is 5.79. The zero-order valence-electron chi connectivity index (χ0n) is 11.8. The van der Waals surface area contributed by atoms with Crippen LogP contribution in [0.15, 0.2) is 59.1 Å². The Labute approximate surface area is 146 Å². The normalized spacial score (nSPS) is 16.4. The maximum Gasteiger partial charge on any atom is 0.248 e. The number of nitrogens with zero attached hydrogens (tertiary/aromatic N) is 4. The fourth-order valence-corrected chi connectivity index (χ4v) is 3.10. The van der Waals surface area contributed by atoms with Crippen LogP contribution in [-0.2, 0) is 0 Å². The summed E-state index contributed by atoms with van der Waals surface area (Å²) in [5, 5.41) is 15.9. The van der Waals surface area contributed by atoms with Crippen LogP contribution in [0, 0.1) is 0 Å². The van der Waals surface area contributed by atoms with E-state index in [1.54, 1.807) is 4.68 Å². The van der Waals surface area contributed by atoms with E-state index in [1.807, 2.05) is 42.5 Å². The lowest BCUT2D eigenvalue weighted by Gasteiger charge is -2.23. The summed E-state index contributed by atoms with van der Waals surface area (Å²) in [6.07, 6.45) is 2.11. The minimum absolute atomic E-state index is 0.0903. The van der Waals surface area contributed by atoms with E-state index in [0.29, 0.717) is 11.0 Å². The van der Waals surface area contributed by atoms with Crippen LogP contribution in [-0.4, -0.2) is 20.2 Å². The van der Waals surface area contributed by atoms with Crippen molar-refractivity contribution in [2.75, 3.05) is 5.32 Å². The van der Waals surface area contributed by atoms with Gasteiger partial charge in [-0.05, 0) is 51.9 Å². The van der Waals surface area contributed by atoms with Crippen LogP contribution in [0.4, 0.5) is 5.95 Å². The summed E-state index contributed by atoms with van der Waals surface area (Å²) in [6.45, 7) is 0. The van der Waals surface area contributed by atoms with Crippen LogP contribution < -0.4 is 5.32 Å². The summed E-state index contributed by atoms with van der Waals surface area (Å²) in [5.41, 5.74) is 3.10. The summed E-state index contributed by atoms with van der Waals surface area (Å²) in [7, 11) is 0. The average Bonchev–Trinajstić information content (AvgIpc) is 3.03. The number of hydrogen-bond acceptors (Lipinski definition) is 4. The van der Waals surface area contributed by atoms with Gasteiger partial charge in [-0.15, -0.1) is 0 Å². The first-order valence-corrected chi connectivity index (χ1v) is 8.16. The Morgan fingerprint density at radius 1 is 1.13 bits per heavy atom. The highest BCUT2D eigenvalue weighted by Gasteiger charge is 2.24. The summed E-state index contributed by atoms with van der Waals surface area (Å²) < 4.78 is 2.77. The van der Waals surface area contributed by atoms with Gasteiger partial charge in [-0.1, -0.05) is 56.9 Å². The highest BCUT2D eigenvalue weighted by atomic mass is 79.9. The number of halogens is 2. The lowest BCUT2D eigenvalue weighted by atomic mass is 10.0. The molecule has 0 fully saturated rings. The predicted molar refractivity (Wildman–Crippen MR) is 93.1 cm³/mol. The van der Waals surface area contributed by atoms with Crippen molar-refractivity contribution < 1.29 is 0 Å². The molecule has 0 aliphatic carbocycles. The van der Waals surface area contributed by atoms with Crippen molar-refractivity contribution in [2.24, 2.45) is 0 Å². The largest absolute Gasteiger partial charge is 0.323 e. The van der Waals surface area contributed by atoms with Gasteiger partial charge < -0.3 is 5.32 Å². The van der Waals surface area contributed by atoms with Crippen molar-refractivity contribution in [1.82, 2.24) is 20.2 Å². The Hall–Kier alpha value is -2.18. The van der Waals surface area contributed by atoms with Crippen LogP contribution in [0.2, 0.25) is 5.02 Å². The molecule has 5 nitrogen and oxygen atoms in total. The first kappa shape index (κ1) is 14.4.